The second-order valence-corrected chi connectivity index (χ2v) is 6.46. The highest BCUT2D eigenvalue weighted by Gasteiger charge is 2.07. The molecule has 0 aliphatic heterocycles. The molecule has 0 bridgehead atoms. The van der Waals surface area contributed by atoms with Crippen LogP contribution in [0.15, 0.2) is 0 Å². The fraction of sp³-hybridized carbons (Fsp3) is 0.833. The first-order valence-electron chi connectivity index (χ1n) is 3.33. The molecule has 0 rings (SSSR count). The molecule has 0 saturated carbocycles. The fourth-order valence-electron chi connectivity index (χ4n) is 0.543. The van der Waals surface area contributed by atoms with Gasteiger partial charge in [0.25, 0.3) is 0 Å². The molecule has 0 radical (unpaired) electrons. The lowest BCUT2D eigenvalue weighted by atomic mass is 10.5. The minimum atomic E-state index is -3.06. The number of hydrogen-bond acceptors (Lipinski definition) is 4. The van der Waals surface area contributed by atoms with Crippen LogP contribution in [0.4, 0.5) is 0 Å². The average Bonchev–Trinajstić information content (AvgIpc) is 1.80. The van der Waals surface area contributed by atoms with E-state index in [2.05, 4.69) is 0 Å². The van der Waals surface area contributed by atoms with E-state index in [4.69, 9.17) is 0 Å². The summed E-state index contributed by atoms with van der Waals surface area (Å²) in [5.41, 5.74) is 0. The first kappa shape index (κ1) is 11.8. The number of sulfone groups is 1. The van der Waals surface area contributed by atoms with E-state index < -0.39 is 20.6 Å². The van der Waals surface area contributed by atoms with Crippen LogP contribution in [0, 0.1) is 0 Å². The van der Waals surface area contributed by atoms with Gasteiger partial charge in [0.05, 0.1) is 11.5 Å². The summed E-state index contributed by atoms with van der Waals surface area (Å²) in [4.78, 5) is 10.4. The van der Waals surface area contributed by atoms with Gasteiger partial charge < -0.3 is 0 Å². The molecule has 1 atom stereocenters. The Labute approximate surface area is 74.7 Å². The third-order valence-corrected chi connectivity index (χ3v) is 3.64. The lowest BCUT2D eigenvalue weighted by Gasteiger charge is -1.97. The number of Topliss-reactive ketones (excluding diaryl/α,β-unsaturated/α-hetero) is 1. The van der Waals surface area contributed by atoms with Gasteiger partial charge in [-0.25, -0.2) is 8.42 Å². The molecule has 0 aliphatic carbocycles. The molecule has 0 fully saturated rings. The van der Waals surface area contributed by atoms with Crippen LogP contribution in [0.25, 0.3) is 0 Å². The molecule has 6 heteroatoms. The molecule has 12 heavy (non-hydrogen) atoms. The highest BCUT2D eigenvalue weighted by Crippen LogP contribution is 1.88. The van der Waals surface area contributed by atoms with Crippen molar-refractivity contribution in [1.82, 2.24) is 0 Å². The van der Waals surface area contributed by atoms with Crippen LogP contribution in [0.5, 0.6) is 0 Å². The standard InChI is InChI=1S/C6H12O4S2/c1-6(7)5-11(8)3-4-12(2,9)10/h3-5H2,1-2H3. The van der Waals surface area contributed by atoms with Crippen LogP contribution in [0.1, 0.15) is 6.92 Å². The van der Waals surface area contributed by atoms with Gasteiger partial charge in [-0.2, -0.15) is 0 Å². The Bertz CT molecular complexity index is 278. The maximum Gasteiger partial charge on any atom is 0.148 e. The van der Waals surface area contributed by atoms with Crippen molar-refractivity contribution in [1.29, 1.82) is 0 Å². The zero-order valence-corrected chi connectivity index (χ0v) is 8.70. The minimum absolute atomic E-state index is 0.0461. The average molecular weight is 212 g/mol. The third kappa shape index (κ3) is 7.87. The molecule has 4 nitrogen and oxygen atoms in total. The molecule has 0 aromatic heterocycles. The zero-order valence-electron chi connectivity index (χ0n) is 7.07. The van der Waals surface area contributed by atoms with Crippen molar-refractivity contribution in [2.75, 3.05) is 23.5 Å². The lowest BCUT2D eigenvalue weighted by Crippen LogP contribution is -2.16. The third-order valence-electron chi connectivity index (χ3n) is 1.05. The molecule has 0 N–H and O–H groups in total. The topological polar surface area (TPSA) is 68.3 Å². The summed E-state index contributed by atoms with van der Waals surface area (Å²) in [7, 11) is -4.38. The summed E-state index contributed by atoms with van der Waals surface area (Å²) in [6.07, 6.45) is 1.08. The summed E-state index contributed by atoms with van der Waals surface area (Å²) < 4.78 is 32.1. The van der Waals surface area contributed by atoms with Gasteiger partial charge in [-0.15, -0.1) is 0 Å². The molecule has 72 valence electrons. The van der Waals surface area contributed by atoms with E-state index in [-0.39, 0.29) is 23.0 Å². The minimum Gasteiger partial charge on any atom is -0.299 e. The molecule has 0 aliphatic rings. The lowest BCUT2D eigenvalue weighted by molar-refractivity contribution is -0.114. The Balaban J connectivity index is 3.81. The molecule has 0 aromatic carbocycles. The Kier molecular flexibility index (Phi) is 4.62. The molecule has 0 heterocycles. The second-order valence-electron chi connectivity index (χ2n) is 2.62. The summed E-state index contributed by atoms with van der Waals surface area (Å²) in [5.74, 6) is -0.289. The van der Waals surface area contributed by atoms with E-state index in [9.17, 15) is 17.4 Å². The van der Waals surface area contributed by atoms with Crippen molar-refractivity contribution < 1.29 is 17.4 Å². The Morgan fingerprint density at radius 2 is 1.92 bits per heavy atom. The molecular formula is C6H12O4S2. The van der Waals surface area contributed by atoms with Crippen LogP contribution in [0.3, 0.4) is 0 Å². The van der Waals surface area contributed by atoms with Crippen LogP contribution in [-0.4, -0.2) is 41.9 Å². The van der Waals surface area contributed by atoms with Crippen LogP contribution >= 0.6 is 0 Å². The number of ketones is 1. The second kappa shape index (κ2) is 4.71. The molecule has 1 unspecified atom stereocenters. The van der Waals surface area contributed by atoms with Crippen LogP contribution in [0.2, 0.25) is 0 Å². The monoisotopic (exact) mass is 212 g/mol. The van der Waals surface area contributed by atoms with Crippen molar-refractivity contribution in [2.45, 2.75) is 6.92 Å². The Morgan fingerprint density at radius 1 is 1.42 bits per heavy atom. The van der Waals surface area contributed by atoms with Crippen molar-refractivity contribution in [3.8, 4) is 0 Å². The van der Waals surface area contributed by atoms with E-state index in [1.807, 2.05) is 0 Å². The smallest absolute Gasteiger partial charge is 0.148 e. The fourth-order valence-corrected chi connectivity index (χ4v) is 3.10. The van der Waals surface area contributed by atoms with E-state index in [1.54, 1.807) is 0 Å². The first-order valence-corrected chi connectivity index (χ1v) is 6.88. The quantitative estimate of drug-likeness (QED) is 0.608. The van der Waals surface area contributed by atoms with E-state index >= 15 is 0 Å². The van der Waals surface area contributed by atoms with E-state index in [1.165, 1.54) is 6.92 Å². The van der Waals surface area contributed by atoms with Gasteiger partial charge in [-0.1, -0.05) is 0 Å². The number of carbonyl (C=O) groups is 1. The highest BCUT2D eigenvalue weighted by atomic mass is 32.2. The molecular weight excluding hydrogens is 200 g/mol. The summed E-state index contributed by atoms with van der Waals surface area (Å²) in [5, 5.41) is 0. The van der Waals surface area contributed by atoms with Gasteiger partial charge in [0.15, 0.2) is 0 Å². The van der Waals surface area contributed by atoms with Gasteiger partial charge in [-0.05, 0) is 6.92 Å². The highest BCUT2D eigenvalue weighted by molar-refractivity contribution is 7.92. The largest absolute Gasteiger partial charge is 0.299 e. The predicted molar refractivity (Wildman–Crippen MR) is 48.3 cm³/mol. The summed E-state index contributed by atoms with van der Waals surface area (Å²) in [6, 6.07) is 0. The molecule has 0 amide bonds. The van der Waals surface area contributed by atoms with Gasteiger partial charge in [0.2, 0.25) is 0 Å². The van der Waals surface area contributed by atoms with E-state index in [0.29, 0.717) is 0 Å². The number of carbonyl (C=O) groups excluding carboxylic acids is 1. The van der Waals surface area contributed by atoms with Crippen molar-refractivity contribution in [3.63, 3.8) is 0 Å². The first-order chi connectivity index (χ1) is 5.31. The number of rotatable bonds is 5. The summed E-state index contributed by atoms with van der Waals surface area (Å²) in [6.45, 7) is 1.33. The van der Waals surface area contributed by atoms with Gasteiger partial charge in [0, 0.05) is 22.8 Å². The predicted octanol–water partition coefficient (Wildman–Crippen LogP) is -0.631. The van der Waals surface area contributed by atoms with Gasteiger partial charge in [0.1, 0.15) is 15.6 Å². The van der Waals surface area contributed by atoms with Crippen LogP contribution in [-0.2, 0) is 25.4 Å². The van der Waals surface area contributed by atoms with Crippen LogP contribution < -0.4 is 0 Å². The maximum atomic E-state index is 10.9. The SMILES string of the molecule is CC(=O)CS(=O)CCS(C)(=O)=O. The van der Waals surface area contributed by atoms with E-state index in [0.717, 1.165) is 6.26 Å². The summed E-state index contributed by atoms with van der Waals surface area (Å²) >= 11 is 0. The number of hydrogen-bond donors (Lipinski definition) is 0. The normalized spacial score (nSPS) is 14.2. The van der Waals surface area contributed by atoms with Crippen molar-refractivity contribution in [3.05, 3.63) is 0 Å². The maximum absolute atomic E-state index is 10.9. The Hall–Kier alpha value is -0.230. The zero-order chi connectivity index (χ0) is 9.78. The van der Waals surface area contributed by atoms with Gasteiger partial charge >= 0.3 is 0 Å². The van der Waals surface area contributed by atoms with Crippen molar-refractivity contribution >= 4 is 26.4 Å². The molecule has 0 aromatic rings. The Morgan fingerprint density at radius 3 is 2.25 bits per heavy atom. The van der Waals surface area contributed by atoms with Crippen molar-refractivity contribution in [2.24, 2.45) is 0 Å². The van der Waals surface area contributed by atoms with Gasteiger partial charge in [-0.3, -0.25) is 9.00 Å². The molecule has 0 saturated heterocycles. The molecule has 0 spiro atoms.